The van der Waals surface area contributed by atoms with Crippen molar-refractivity contribution < 1.29 is 29.0 Å². The SMILES string of the molecule is C=CCc1cc(C2C3=C(CCCC3=O)N(C)C3=C2C(=O)CCC3)cc(OC)c1OCC(=O)O. The minimum absolute atomic E-state index is 0.0773. The van der Waals surface area contributed by atoms with E-state index in [4.69, 9.17) is 14.6 Å². The van der Waals surface area contributed by atoms with Crippen LogP contribution >= 0.6 is 0 Å². The second-order valence-electron chi connectivity index (χ2n) is 8.65. The smallest absolute Gasteiger partial charge is 0.341 e. The predicted octanol–water partition coefficient (Wildman–Crippen LogP) is 3.93. The Morgan fingerprint density at radius 2 is 1.73 bits per heavy atom. The molecule has 1 aromatic rings. The summed E-state index contributed by atoms with van der Waals surface area (Å²) in [6, 6.07) is 3.68. The lowest BCUT2D eigenvalue weighted by molar-refractivity contribution is -0.139. The molecule has 174 valence electrons. The summed E-state index contributed by atoms with van der Waals surface area (Å²) in [5.41, 5.74) is 4.88. The Labute approximate surface area is 193 Å². The molecule has 4 rings (SSSR count). The van der Waals surface area contributed by atoms with Crippen LogP contribution in [0.2, 0.25) is 0 Å². The Kier molecular flexibility index (Phi) is 6.40. The van der Waals surface area contributed by atoms with Gasteiger partial charge in [-0.25, -0.2) is 4.79 Å². The number of carboxylic acids is 1. The molecule has 0 unspecified atom stereocenters. The van der Waals surface area contributed by atoms with Crippen LogP contribution in [0.25, 0.3) is 0 Å². The van der Waals surface area contributed by atoms with E-state index in [0.29, 0.717) is 47.5 Å². The molecule has 0 atom stereocenters. The minimum Gasteiger partial charge on any atom is -0.493 e. The standard InChI is InChI=1S/C26H29NO6/c1-4-7-15-12-16(13-21(32-3)26(15)33-14-22(30)31)23-24-17(8-5-10-19(24)28)27(2)18-9-6-11-20(29)25(18)23/h4,12-13,23H,1,5-11,14H2,2-3H3,(H,30,31). The molecule has 0 aromatic heterocycles. The molecule has 1 heterocycles. The number of benzene rings is 1. The van der Waals surface area contributed by atoms with Crippen LogP contribution in [0.15, 0.2) is 47.3 Å². The molecule has 0 saturated carbocycles. The fourth-order valence-electron chi connectivity index (χ4n) is 5.29. The number of Topliss-reactive ketones (excluding diaryl/α,β-unsaturated/α-hetero) is 2. The molecule has 0 spiro atoms. The maximum Gasteiger partial charge on any atom is 0.341 e. The number of carbonyl (C=O) groups excluding carboxylic acids is 2. The highest BCUT2D eigenvalue weighted by Gasteiger charge is 2.42. The van der Waals surface area contributed by atoms with Crippen molar-refractivity contribution in [1.29, 1.82) is 0 Å². The highest BCUT2D eigenvalue weighted by Crippen LogP contribution is 2.50. The van der Waals surface area contributed by atoms with Crippen LogP contribution in [0, 0.1) is 0 Å². The summed E-state index contributed by atoms with van der Waals surface area (Å²) < 4.78 is 11.1. The van der Waals surface area contributed by atoms with E-state index >= 15 is 0 Å². The first-order chi connectivity index (χ1) is 15.9. The fourth-order valence-corrected chi connectivity index (χ4v) is 5.29. The molecule has 0 fully saturated rings. The van der Waals surface area contributed by atoms with Crippen LogP contribution in [0.4, 0.5) is 0 Å². The summed E-state index contributed by atoms with van der Waals surface area (Å²) in [4.78, 5) is 39.6. The summed E-state index contributed by atoms with van der Waals surface area (Å²) in [6.07, 6.45) is 6.27. The first-order valence-electron chi connectivity index (χ1n) is 11.3. The van der Waals surface area contributed by atoms with Gasteiger partial charge in [0.15, 0.2) is 29.7 Å². The van der Waals surface area contributed by atoms with Crippen molar-refractivity contribution in [2.24, 2.45) is 0 Å². The Bertz CT molecular complexity index is 1050. The first-order valence-corrected chi connectivity index (χ1v) is 11.3. The van der Waals surface area contributed by atoms with Gasteiger partial charge in [-0.15, -0.1) is 6.58 Å². The van der Waals surface area contributed by atoms with E-state index in [1.807, 2.05) is 13.1 Å². The molecule has 0 bridgehead atoms. The van der Waals surface area contributed by atoms with E-state index in [-0.39, 0.29) is 11.6 Å². The van der Waals surface area contributed by atoms with Gasteiger partial charge in [0, 0.05) is 53.9 Å². The van der Waals surface area contributed by atoms with Crippen molar-refractivity contribution in [3.8, 4) is 11.5 Å². The number of ketones is 2. The third kappa shape index (κ3) is 4.08. The molecule has 2 aliphatic carbocycles. The number of ether oxygens (including phenoxy) is 2. The molecule has 7 nitrogen and oxygen atoms in total. The second kappa shape index (κ2) is 9.25. The summed E-state index contributed by atoms with van der Waals surface area (Å²) in [6.45, 7) is 3.30. The maximum atomic E-state index is 13.2. The number of methoxy groups -OCH3 is 1. The molecule has 7 heteroatoms. The molecule has 33 heavy (non-hydrogen) atoms. The van der Waals surface area contributed by atoms with Gasteiger partial charge < -0.3 is 19.5 Å². The summed E-state index contributed by atoms with van der Waals surface area (Å²) in [7, 11) is 3.46. The predicted molar refractivity (Wildman–Crippen MR) is 122 cm³/mol. The number of carboxylic acid groups (broad SMARTS) is 1. The van der Waals surface area contributed by atoms with Gasteiger partial charge in [0.05, 0.1) is 7.11 Å². The number of hydrogen-bond acceptors (Lipinski definition) is 6. The van der Waals surface area contributed by atoms with E-state index in [0.717, 1.165) is 42.6 Å². The Balaban J connectivity index is 1.93. The maximum absolute atomic E-state index is 13.2. The molecular formula is C26H29NO6. The van der Waals surface area contributed by atoms with Crippen molar-refractivity contribution in [3.05, 3.63) is 58.5 Å². The molecule has 0 saturated heterocycles. The largest absolute Gasteiger partial charge is 0.493 e. The van der Waals surface area contributed by atoms with Gasteiger partial charge >= 0.3 is 5.97 Å². The van der Waals surface area contributed by atoms with Crippen molar-refractivity contribution >= 4 is 17.5 Å². The van der Waals surface area contributed by atoms with Crippen molar-refractivity contribution in [1.82, 2.24) is 4.90 Å². The summed E-state index contributed by atoms with van der Waals surface area (Å²) >= 11 is 0. The van der Waals surface area contributed by atoms with Gasteiger partial charge in [0.1, 0.15) is 0 Å². The molecule has 3 aliphatic rings. The van der Waals surface area contributed by atoms with Gasteiger partial charge in [-0.05, 0) is 43.7 Å². The lowest BCUT2D eigenvalue weighted by atomic mass is 9.71. The van der Waals surface area contributed by atoms with Gasteiger partial charge in [-0.3, -0.25) is 9.59 Å². The second-order valence-corrected chi connectivity index (χ2v) is 8.65. The molecule has 1 aromatic carbocycles. The van der Waals surface area contributed by atoms with Crippen molar-refractivity contribution in [2.45, 2.75) is 50.9 Å². The summed E-state index contributed by atoms with van der Waals surface area (Å²) in [5, 5.41) is 9.08. The Morgan fingerprint density at radius 1 is 1.12 bits per heavy atom. The normalized spacial score (nSPS) is 18.8. The first kappa shape index (κ1) is 22.8. The van der Waals surface area contributed by atoms with Crippen molar-refractivity contribution in [2.75, 3.05) is 20.8 Å². The number of rotatable bonds is 7. The topological polar surface area (TPSA) is 93.1 Å². The van der Waals surface area contributed by atoms with Gasteiger partial charge in [-0.1, -0.05) is 12.1 Å². The molecule has 1 aliphatic heterocycles. The van der Waals surface area contributed by atoms with Crippen LogP contribution < -0.4 is 9.47 Å². The zero-order chi connectivity index (χ0) is 23.7. The van der Waals surface area contributed by atoms with E-state index in [2.05, 4.69) is 11.5 Å². The van der Waals surface area contributed by atoms with E-state index in [1.54, 1.807) is 12.1 Å². The van der Waals surface area contributed by atoms with E-state index in [1.165, 1.54) is 7.11 Å². The van der Waals surface area contributed by atoms with Crippen LogP contribution in [-0.2, 0) is 20.8 Å². The van der Waals surface area contributed by atoms with Gasteiger partial charge in [0.2, 0.25) is 0 Å². The lowest BCUT2D eigenvalue weighted by Crippen LogP contribution is -2.37. The molecule has 1 N–H and O–H groups in total. The molecule has 0 amide bonds. The van der Waals surface area contributed by atoms with E-state index in [9.17, 15) is 14.4 Å². The van der Waals surface area contributed by atoms with Crippen LogP contribution in [0.1, 0.15) is 55.6 Å². The average molecular weight is 452 g/mol. The van der Waals surface area contributed by atoms with Crippen LogP contribution in [-0.4, -0.2) is 48.3 Å². The Morgan fingerprint density at radius 3 is 2.24 bits per heavy atom. The minimum atomic E-state index is -1.09. The van der Waals surface area contributed by atoms with Gasteiger partial charge in [0.25, 0.3) is 0 Å². The highest BCUT2D eigenvalue weighted by atomic mass is 16.5. The van der Waals surface area contributed by atoms with Crippen LogP contribution in [0.3, 0.4) is 0 Å². The third-order valence-corrected chi connectivity index (χ3v) is 6.66. The van der Waals surface area contributed by atoms with Crippen molar-refractivity contribution in [3.63, 3.8) is 0 Å². The van der Waals surface area contributed by atoms with Crippen LogP contribution in [0.5, 0.6) is 11.5 Å². The number of hydrogen-bond donors (Lipinski definition) is 1. The summed E-state index contributed by atoms with van der Waals surface area (Å²) in [5.74, 6) is -0.684. The van der Waals surface area contributed by atoms with E-state index < -0.39 is 18.5 Å². The third-order valence-electron chi connectivity index (χ3n) is 6.66. The zero-order valence-corrected chi connectivity index (χ0v) is 19.1. The monoisotopic (exact) mass is 451 g/mol. The molecule has 0 radical (unpaired) electrons. The Hall–Kier alpha value is -3.35. The average Bonchev–Trinajstić information content (AvgIpc) is 2.79. The number of nitrogens with zero attached hydrogens (tertiary/aromatic N) is 1. The van der Waals surface area contributed by atoms with Gasteiger partial charge in [-0.2, -0.15) is 0 Å². The highest BCUT2D eigenvalue weighted by molar-refractivity contribution is 6.06. The number of aliphatic carboxylic acids is 1. The number of allylic oxidation sites excluding steroid dienone is 5. The molecular weight excluding hydrogens is 422 g/mol. The zero-order valence-electron chi connectivity index (χ0n) is 19.1. The number of carbonyl (C=O) groups is 3. The fraction of sp³-hybridized carbons (Fsp3) is 0.423. The lowest BCUT2D eigenvalue weighted by Gasteiger charge is -2.42. The quantitative estimate of drug-likeness (QED) is 0.628.